The van der Waals surface area contributed by atoms with Crippen LogP contribution in [0.3, 0.4) is 0 Å². The molecule has 0 atom stereocenters. The summed E-state index contributed by atoms with van der Waals surface area (Å²) in [6.07, 6.45) is 0. The summed E-state index contributed by atoms with van der Waals surface area (Å²) in [6, 6.07) is 5.85. The number of hydroxylamine groups is 2. The second kappa shape index (κ2) is 5.80. The third-order valence-corrected chi connectivity index (χ3v) is 2.04. The Bertz CT molecular complexity index is 421. The highest BCUT2D eigenvalue weighted by Gasteiger charge is 2.16. The second-order valence-corrected chi connectivity index (χ2v) is 3.09. The van der Waals surface area contributed by atoms with Gasteiger partial charge in [-0.3, -0.25) is 19.7 Å². The van der Waals surface area contributed by atoms with Gasteiger partial charge in [-0.1, -0.05) is 12.1 Å². The Morgan fingerprint density at radius 1 is 1.47 bits per heavy atom. The molecule has 1 aromatic rings. The maximum Gasteiger partial charge on any atom is 0.310 e. The fourth-order valence-corrected chi connectivity index (χ4v) is 1.06. The molecule has 0 heterocycles. The zero-order valence-corrected chi connectivity index (χ0v) is 9.45. The molecular weight excluding hydrogens is 228 g/mol. The number of nitro benzene ring substituents is 1. The van der Waals surface area contributed by atoms with Crippen molar-refractivity contribution >= 4 is 11.6 Å². The lowest BCUT2D eigenvalue weighted by atomic mass is 10.3. The summed E-state index contributed by atoms with van der Waals surface area (Å²) in [5.41, 5.74) is -0.180. The van der Waals surface area contributed by atoms with Gasteiger partial charge >= 0.3 is 5.69 Å². The average molecular weight is 240 g/mol. The Balaban J connectivity index is 2.69. The monoisotopic (exact) mass is 240 g/mol. The number of likely N-dealkylation sites (N-methyl/N-ethyl adjacent to an activating group) is 1. The average Bonchev–Trinajstić information content (AvgIpc) is 2.35. The number of ether oxygens (including phenoxy) is 1. The minimum atomic E-state index is -0.570. The summed E-state index contributed by atoms with van der Waals surface area (Å²) in [5, 5.41) is 11.6. The fourth-order valence-electron chi connectivity index (χ4n) is 1.06. The molecule has 0 saturated heterocycles. The van der Waals surface area contributed by atoms with Crippen molar-refractivity contribution in [2.45, 2.75) is 0 Å². The Kier molecular flexibility index (Phi) is 4.41. The van der Waals surface area contributed by atoms with E-state index in [0.29, 0.717) is 0 Å². The SMILES string of the molecule is CON(C)C(=O)COc1ccccc1[N+](=O)[O-]. The molecule has 0 aromatic heterocycles. The van der Waals surface area contributed by atoms with Gasteiger partial charge in [0.05, 0.1) is 12.0 Å². The Hall–Kier alpha value is -2.15. The minimum Gasteiger partial charge on any atom is -0.477 e. The van der Waals surface area contributed by atoms with E-state index in [2.05, 4.69) is 4.84 Å². The number of benzene rings is 1. The lowest BCUT2D eigenvalue weighted by Crippen LogP contribution is -2.30. The van der Waals surface area contributed by atoms with Crippen molar-refractivity contribution in [2.75, 3.05) is 20.8 Å². The van der Waals surface area contributed by atoms with Crippen LogP contribution in [0.1, 0.15) is 0 Å². The highest BCUT2D eigenvalue weighted by Crippen LogP contribution is 2.25. The smallest absolute Gasteiger partial charge is 0.310 e. The zero-order chi connectivity index (χ0) is 12.8. The van der Waals surface area contributed by atoms with Crippen LogP contribution in [0, 0.1) is 10.1 Å². The summed E-state index contributed by atoms with van der Waals surface area (Å²) in [4.78, 5) is 26.1. The van der Waals surface area contributed by atoms with Crippen molar-refractivity contribution in [3.05, 3.63) is 34.4 Å². The van der Waals surface area contributed by atoms with Crippen LogP contribution < -0.4 is 4.74 Å². The van der Waals surface area contributed by atoms with Crippen molar-refractivity contribution in [3.8, 4) is 5.75 Å². The Morgan fingerprint density at radius 2 is 2.12 bits per heavy atom. The summed E-state index contributed by atoms with van der Waals surface area (Å²) in [5.74, 6) is -0.388. The summed E-state index contributed by atoms with van der Waals surface area (Å²) < 4.78 is 5.07. The van der Waals surface area contributed by atoms with Crippen LogP contribution in [0.15, 0.2) is 24.3 Å². The number of rotatable bonds is 5. The third-order valence-electron chi connectivity index (χ3n) is 2.04. The van der Waals surface area contributed by atoms with Crippen LogP contribution in [0.2, 0.25) is 0 Å². The van der Waals surface area contributed by atoms with E-state index in [1.807, 2.05) is 0 Å². The van der Waals surface area contributed by atoms with Crippen LogP contribution in [-0.2, 0) is 9.63 Å². The number of para-hydroxylation sites is 2. The van der Waals surface area contributed by atoms with E-state index < -0.39 is 10.8 Å². The molecule has 1 aromatic carbocycles. The molecule has 92 valence electrons. The number of nitro groups is 1. The molecule has 1 rings (SSSR count). The molecule has 0 N–H and O–H groups in total. The van der Waals surface area contributed by atoms with E-state index in [9.17, 15) is 14.9 Å². The van der Waals surface area contributed by atoms with Crippen LogP contribution in [0.5, 0.6) is 5.75 Å². The van der Waals surface area contributed by atoms with E-state index in [1.54, 1.807) is 6.07 Å². The van der Waals surface area contributed by atoms with Gasteiger partial charge in [0.1, 0.15) is 0 Å². The van der Waals surface area contributed by atoms with Gasteiger partial charge in [-0.2, -0.15) is 0 Å². The van der Waals surface area contributed by atoms with Gasteiger partial charge in [-0.25, -0.2) is 5.06 Å². The molecule has 0 aliphatic heterocycles. The van der Waals surface area contributed by atoms with E-state index in [0.717, 1.165) is 5.06 Å². The first kappa shape index (κ1) is 12.9. The van der Waals surface area contributed by atoms with Gasteiger partial charge in [-0.15, -0.1) is 0 Å². The molecule has 0 saturated carbocycles. The molecule has 0 fully saturated rings. The van der Waals surface area contributed by atoms with Crippen LogP contribution in [-0.4, -0.2) is 36.7 Å². The lowest BCUT2D eigenvalue weighted by Gasteiger charge is -2.13. The Labute approximate surface area is 97.6 Å². The normalized spacial score (nSPS) is 9.76. The molecule has 0 bridgehead atoms. The zero-order valence-electron chi connectivity index (χ0n) is 9.45. The van der Waals surface area contributed by atoms with Crippen molar-refractivity contribution in [2.24, 2.45) is 0 Å². The number of amides is 1. The van der Waals surface area contributed by atoms with Crippen LogP contribution in [0.4, 0.5) is 5.69 Å². The van der Waals surface area contributed by atoms with E-state index >= 15 is 0 Å². The van der Waals surface area contributed by atoms with Crippen LogP contribution >= 0.6 is 0 Å². The second-order valence-electron chi connectivity index (χ2n) is 3.09. The van der Waals surface area contributed by atoms with E-state index in [1.165, 1.54) is 32.4 Å². The Morgan fingerprint density at radius 3 is 2.71 bits per heavy atom. The number of nitrogens with zero attached hydrogens (tertiary/aromatic N) is 2. The van der Waals surface area contributed by atoms with Gasteiger partial charge in [0, 0.05) is 13.1 Å². The first-order chi connectivity index (χ1) is 8.06. The molecule has 0 aliphatic carbocycles. The van der Waals surface area contributed by atoms with Crippen molar-refractivity contribution in [3.63, 3.8) is 0 Å². The lowest BCUT2D eigenvalue weighted by molar-refractivity contribution is -0.385. The molecule has 0 radical (unpaired) electrons. The number of hydrogen-bond donors (Lipinski definition) is 0. The third kappa shape index (κ3) is 3.42. The standard InChI is InChI=1S/C10H12N2O5/c1-11(16-2)10(13)7-17-9-6-4-3-5-8(9)12(14)15/h3-6H,7H2,1-2H3. The molecule has 7 nitrogen and oxygen atoms in total. The predicted octanol–water partition coefficient (Wildman–Crippen LogP) is 0.993. The molecule has 0 aliphatic rings. The predicted molar refractivity (Wildman–Crippen MR) is 58.4 cm³/mol. The summed E-state index contributed by atoms with van der Waals surface area (Å²) in [6.45, 7) is -0.324. The van der Waals surface area contributed by atoms with Crippen molar-refractivity contribution < 1.29 is 19.3 Å². The molecular formula is C10H12N2O5. The van der Waals surface area contributed by atoms with Crippen LogP contribution in [0.25, 0.3) is 0 Å². The van der Waals surface area contributed by atoms with Gasteiger partial charge in [-0.05, 0) is 6.07 Å². The van der Waals surface area contributed by atoms with Gasteiger partial charge in [0.25, 0.3) is 5.91 Å². The molecule has 17 heavy (non-hydrogen) atoms. The number of hydrogen-bond acceptors (Lipinski definition) is 5. The minimum absolute atomic E-state index is 0.0513. The quantitative estimate of drug-likeness (QED) is 0.566. The van der Waals surface area contributed by atoms with Gasteiger partial charge in [0.15, 0.2) is 12.4 Å². The first-order valence-electron chi connectivity index (χ1n) is 4.73. The largest absolute Gasteiger partial charge is 0.477 e. The fraction of sp³-hybridized carbons (Fsp3) is 0.300. The first-order valence-corrected chi connectivity index (χ1v) is 4.73. The topological polar surface area (TPSA) is 81.9 Å². The molecule has 1 amide bonds. The van der Waals surface area contributed by atoms with Crippen molar-refractivity contribution in [1.82, 2.24) is 5.06 Å². The molecule has 0 unspecified atom stereocenters. The summed E-state index contributed by atoms with van der Waals surface area (Å²) in [7, 11) is 2.76. The number of carbonyl (C=O) groups is 1. The maximum absolute atomic E-state index is 11.3. The van der Waals surface area contributed by atoms with Gasteiger partial charge in [0.2, 0.25) is 0 Å². The van der Waals surface area contributed by atoms with E-state index in [-0.39, 0.29) is 18.0 Å². The summed E-state index contributed by atoms with van der Waals surface area (Å²) >= 11 is 0. The number of carbonyl (C=O) groups excluding carboxylic acids is 1. The van der Waals surface area contributed by atoms with Crippen molar-refractivity contribution in [1.29, 1.82) is 0 Å². The highest BCUT2D eigenvalue weighted by molar-refractivity contribution is 5.76. The maximum atomic E-state index is 11.3. The highest BCUT2D eigenvalue weighted by atomic mass is 16.7. The van der Waals surface area contributed by atoms with Gasteiger partial charge < -0.3 is 4.74 Å². The van der Waals surface area contributed by atoms with E-state index in [4.69, 9.17) is 4.74 Å². The molecule has 7 heteroatoms. The molecule has 0 spiro atoms.